The molecule has 3 aromatic rings. The number of carbonyl (C=O) groups excluding carboxylic acids is 2. The molecule has 2 aromatic carbocycles. The van der Waals surface area contributed by atoms with Crippen molar-refractivity contribution in [3.05, 3.63) is 65.4 Å². The number of hydrogen-bond donors (Lipinski definition) is 2. The number of fused-ring (bicyclic) bond motifs is 1. The summed E-state index contributed by atoms with van der Waals surface area (Å²) in [6, 6.07) is 13.6. The Kier molecular flexibility index (Phi) is 5.62. The van der Waals surface area contributed by atoms with Gasteiger partial charge in [0.1, 0.15) is 6.54 Å². The molecule has 7 nitrogen and oxygen atoms in total. The van der Waals surface area contributed by atoms with Gasteiger partial charge in [0.2, 0.25) is 15.8 Å². The average molecular weight is 400 g/mol. The van der Waals surface area contributed by atoms with E-state index in [1.54, 1.807) is 19.1 Å². The Morgan fingerprint density at radius 3 is 2.43 bits per heavy atom. The highest BCUT2D eigenvalue weighted by Gasteiger charge is 2.19. The Labute approximate surface area is 162 Å². The second-order valence-corrected chi connectivity index (χ2v) is 8.16. The van der Waals surface area contributed by atoms with Crippen molar-refractivity contribution in [1.29, 1.82) is 0 Å². The minimum absolute atomic E-state index is 0.0522. The molecule has 8 heteroatoms. The quantitative estimate of drug-likeness (QED) is 0.468. The fourth-order valence-corrected chi connectivity index (χ4v) is 3.83. The Morgan fingerprint density at radius 1 is 1.04 bits per heavy atom. The van der Waals surface area contributed by atoms with Crippen LogP contribution < -0.4 is 4.72 Å². The molecule has 0 unspecified atom stereocenters. The van der Waals surface area contributed by atoms with Crippen LogP contribution in [0.25, 0.3) is 10.9 Å². The largest absolute Gasteiger partial charge is 0.456 e. The molecule has 3 rings (SSSR count). The van der Waals surface area contributed by atoms with E-state index in [4.69, 9.17) is 4.74 Å². The summed E-state index contributed by atoms with van der Waals surface area (Å²) in [5.74, 6) is -1.19. The van der Waals surface area contributed by atoms with E-state index in [1.165, 1.54) is 12.1 Å². The summed E-state index contributed by atoms with van der Waals surface area (Å²) in [6.07, 6.45) is 0. The topological polar surface area (TPSA) is 105 Å². The summed E-state index contributed by atoms with van der Waals surface area (Å²) in [6.45, 7) is 2.59. The van der Waals surface area contributed by atoms with Gasteiger partial charge in [-0.1, -0.05) is 35.9 Å². The van der Waals surface area contributed by atoms with E-state index in [9.17, 15) is 18.0 Å². The molecule has 0 radical (unpaired) electrons. The fraction of sp³-hybridized carbons (Fsp3) is 0.200. The molecule has 28 heavy (non-hydrogen) atoms. The van der Waals surface area contributed by atoms with Gasteiger partial charge in [-0.2, -0.15) is 4.72 Å². The summed E-state index contributed by atoms with van der Waals surface area (Å²) in [7, 11) is -3.83. The third-order valence-corrected chi connectivity index (χ3v) is 5.69. The number of rotatable bonds is 7. The highest BCUT2D eigenvalue weighted by atomic mass is 32.2. The predicted molar refractivity (Wildman–Crippen MR) is 105 cm³/mol. The number of aryl methyl sites for hydroxylation is 2. The molecule has 0 spiro atoms. The van der Waals surface area contributed by atoms with Crippen molar-refractivity contribution in [1.82, 2.24) is 9.71 Å². The monoisotopic (exact) mass is 400 g/mol. The van der Waals surface area contributed by atoms with Crippen LogP contribution in [0.3, 0.4) is 0 Å². The molecule has 1 aromatic heterocycles. The molecule has 0 amide bonds. The maximum absolute atomic E-state index is 12.5. The lowest BCUT2D eigenvalue weighted by Crippen LogP contribution is -2.31. The first-order chi connectivity index (χ1) is 13.3. The van der Waals surface area contributed by atoms with Crippen LogP contribution in [0, 0.1) is 13.8 Å². The number of ketones is 1. The standard InChI is InChI=1S/C20H20N2O5S/c1-13-7-9-15(10-8-13)28(25,26)21-11-19(24)27-12-18(23)20-14(2)22-17-6-4-3-5-16(17)20/h3-10,21-22H,11-12H2,1-2H3. The lowest BCUT2D eigenvalue weighted by molar-refractivity contribution is -0.141. The molecule has 0 aliphatic rings. The minimum Gasteiger partial charge on any atom is -0.456 e. The lowest BCUT2D eigenvalue weighted by Gasteiger charge is -2.08. The van der Waals surface area contributed by atoms with Crippen LogP contribution in [0.4, 0.5) is 0 Å². The van der Waals surface area contributed by atoms with Crippen LogP contribution in [0.15, 0.2) is 53.4 Å². The highest BCUT2D eigenvalue weighted by Crippen LogP contribution is 2.22. The van der Waals surface area contributed by atoms with Crippen molar-refractivity contribution in [2.75, 3.05) is 13.2 Å². The number of H-pyrrole nitrogens is 1. The molecule has 0 saturated heterocycles. The Balaban J connectivity index is 1.59. The van der Waals surface area contributed by atoms with Crippen LogP contribution in [-0.2, 0) is 19.6 Å². The zero-order chi connectivity index (χ0) is 20.3. The maximum atomic E-state index is 12.5. The SMILES string of the molecule is Cc1ccc(S(=O)(=O)NCC(=O)OCC(=O)c2c(C)[nH]c3ccccc23)cc1. The first-order valence-electron chi connectivity index (χ1n) is 8.60. The zero-order valence-corrected chi connectivity index (χ0v) is 16.3. The summed E-state index contributed by atoms with van der Waals surface area (Å²) in [5, 5.41) is 0.751. The van der Waals surface area contributed by atoms with Gasteiger partial charge in [-0.25, -0.2) is 8.42 Å². The van der Waals surface area contributed by atoms with Gasteiger partial charge < -0.3 is 9.72 Å². The van der Waals surface area contributed by atoms with Crippen LogP contribution in [0.1, 0.15) is 21.6 Å². The molecule has 0 bridgehead atoms. The van der Waals surface area contributed by atoms with Crippen molar-refractivity contribution < 1.29 is 22.7 Å². The number of sulfonamides is 1. The number of aromatic nitrogens is 1. The van der Waals surface area contributed by atoms with Crippen molar-refractivity contribution >= 4 is 32.7 Å². The lowest BCUT2D eigenvalue weighted by atomic mass is 10.1. The van der Waals surface area contributed by atoms with E-state index in [0.29, 0.717) is 11.3 Å². The van der Waals surface area contributed by atoms with Gasteiger partial charge in [0.25, 0.3) is 0 Å². The fourth-order valence-electron chi connectivity index (χ4n) is 2.86. The summed E-state index contributed by atoms with van der Waals surface area (Å²) >= 11 is 0. The van der Waals surface area contributed by atoms with Crippen molar-refractivity contribution in [2.24, 2.45) is 0 Å². The average Bonchev–Trinajstić information content (AvgIpc) is 3.00. The molecule has 0 fully saturated rings. The first-order valence-corrected chi connectivity index (χ1v) is 10.1. The number of carbonyl (C=O) groups is 2. The van der Waals surface area contributed by atoms with Gasteiger partial charge in [-0.3, -0.25) is 9.59 Å². The Bertz CT molecular complexity index is 1130. The van der Waals surface area contributed by atoms with E-state index in [1.807, 2.05) is 31.2 Å². The molecule has 2 N–H and O–H groups in total. The van der Waals surface area contributed by atoms with Crippen LogP contribution in [0.2, 0.25) is 0 Å². The van der Waals surface area contributed by atoms with Crippen molar-refractivity contribution in [3.63, 3.8) is 0 Å². The van der Waals surface area contributed by atoms with Crippen molar-refractivity contribution in [3.8, 4) is 0 Å². The normalized spacial score (nSPS) is 11.5. The number of hydrogen-bond acceptors (Lipinski definition) is 5. The van der Waals surface area contributed by atoms with Crippen LogP contribution in [-0.4, -0.2) is 38.3 Å². The molecule has 0 aliphatic carbocycles. The first kappa shape index (κ1) is 19.8. The third-order valence-electron chi connectivity index (χ3n) is 4.27. The van der Waals surface area contributed by atoms with E-state index in [2.05, 4.69) is 9.71 Å². The van der Waals surface area contributed by atoms with Gasteiger partial charge in [0.05, 0.1) is 4.90 Å². The van der Waals surface area contributed by atoms with E-state index in [-0.39, 0.29) is 10.7 Å². The van der Waals surface area contributed by atoms with Gasteiger partial charge in [0.15, 0.2) is 6.61 Å². The number of para-hydroxylation sites is 1. The second-order valence-electron chi connectivity index (χ2n) is 6.39. The third kappa shape index (κ3) is 4.29. The van der Waals surface area contributed by atoms with Gasteiger partial charge in [0, 0.05) is 22.2 Å². The summed E-state index contributed by atoms with van der Waals surface area (Å²) < 4.78 is 31.5. The van der Waals surface area contributed by atoms with Crippen LogP contribution in [0.5, 0.6) is 0 Å². The van der Waals surface area contributed by atoms with E-state index in [0.717, 1.165) is 16.5 Å². The molecule has 0 aliphatic heterocycles. The van der Waals surface area contributed by atoms with E-state index < -0.39 is 29.1 Å². The minimum atomic E-state index is -3.83. The molecule has 1 heterocycles. The zero-order valence-electron chi connectivity index (χ0n) is 15.5. The molecule has 0 saturated carbocycles. The smallest absolute Gasteiger partial charge is 0.321 e. The number of ether oxygens (including phenoxy) is 1. The maximum Gasteiger partial charge on any atom is 0.321 e. The van der Waals surface area contributed by atoms with Gasteiger partial charge in [-0.05, 0) is 32.0 Å². The molecule has 0 atom stereocenters. The predicted octanol–water partition coefficient (Wildman–Crippen LogP) is 2.49. The van der Waals surface area contributed by atoms with Crippen LogP contribution >= 0.6 is 0 Å². The summed E-state index contributed by atoms with van der Waals surface area (Å²) in [5.41, 5.74) is 2.89. The molecular formula is C20H20N2O5S. The number of esters is 1. The number of Topliss-reactive ketones (excluding diaryl/α,β-unsaturated/α-hetero) is 1. The number of benzene rings is 2. The number of nitrogens with one attached hydrogen (secondary N) is 2. The van der Waals surface area contributed by atoms with Crippen molar-refractivity contribution in [2.45, 2.75) is 18.7 Å². The van der Waals surface area contributed by atoms with Gasteiger partial charge in [-0.15, -0.1) is 0 Å². The second kappa shape index (κ2) is 7.95. The molecule has 146 valence electrons. The number of aromatic amines is 1. The Morgan fingerprint density at radius 2 is 1.71 bits per heavy atom. The van der Waals surface area contributed by atoms with Gasteiger partial charge >= 0.3 is 5.97 Å². The Hall–Kier alpha value is -2.97. The molecular weight excluding hydrogens is 380 g/mol. The highest BCUT2D eigenvalue weighted by molar-refractivity contribution is 7.89. The summed E-state index contributed by atoms with van der Waals surface area (Å²) in [4.78, 5) is 27.5. The van der Waals surface area contributed by atoms with E-state index >= 15 is 0 Å².